The zero-order valence-corrected chi connectivity index (χ0v) is 10.7. The van der Waals surface area contributed by atoms with Crippen LogP contribution < -0.4 is 11.1 Å². The maximum absolute atomic E-state index is 11.8. The predicted octanol–water partition coefficient (Wildman–Crippen LogP) is -2.03. The highest BCUT2D eigenvalue weighted by atomic mass is 16.5. The third kappa shape index (κ3) is 7.21. The maximum Gasteiger partial charge on any atom is 0.326 e. The van der Waals surface area contributed by atoms with E-state index in [-0.39, 0.29) is 26.3 Å². The Bertz CT molecular complexity index is 322. The van der Waals surface area contributed by atoms with Crippen LogP contribution in [0.4, 0.5) is 4.79 Å². The van der Waals surface area contributed by atoms with Gasteiger partial charge in [0.25, 0.3) is 0 Å². The lowest BCUT2D eigenvalue weighted by atomic mass is 10.2. The zero-order chi connectivity index (χ0) is 14.8. The SMILES string of the molecule is COCCN(CCO)C(=O)N[C@H](CC(N)=O)C(=O)O. The molecule has 0 aromatic rings. The van der Waals surface area contributed by atoms with Crippen LogP contribution in [-0.2, 0) is 14.3 Å². The van der Waals surface area contributed by atoms with Crippen molar-refractivity contribution in [2.45, 2.75) is 12.5 Å². The molecule has 0 bridgehead atoms. The van der Waals surface area contributed by atoms with E-state index in [2.05, 4.69) is 5.32 Å². The van der Waals surface area contributed by atoms with Crippen molar-refractivity contribution >= 4 is 17.9 Å². The molecule has 9 heteroatoms. The Balaban J connectivity index is 4.55. The molecule has 0 radical (unpaired) electrons. The smallest absolute Gasteiger partial charge is 0.326 e. The highest BCUT2D eigenvalue weighted by molar-refractivity contribution is 5.87. The molecule has 9 nitrogen and oxygen atoms in total. The number of hydrogen-bond donors (Lipinski definition) is 4. The third-order valence-corrected chi connectivity index (χ3v) is 2.22. The van der Waals surface area contributed by atoms with Crippen LogP contribution in [0.2, 0.25) is 0 Å². The Kier molecular flexibility index (Phi) is 8.22. The molecule has 0 aromatic heterocycles. The molecule has 0 saturated carbocycles. The number of carboxylic acid groups (broad SMARTS) is 1. The first-order valence-corrected chi connectivity index (χ1v) is 5.58. The van der Waals surface area contributed by atoms with E-state index in [1.54, 1.807) is 0 Å². The van der Waals surface area contributed by atoms with Gasteiger partial charge in [-0.1, -0.05) is 0 Å². The van der Waals surface area contributed by atoms with Crippen molar-refractivity contribution in [2.24, 2.45) is 5.73 Å². The van der Waals surface area contributed by atoms with E-state index < -0.39 is 30.4 Å². The van der Waals surface area contributed by atoms with Gasteiger partial charge in [-0.15, -0.1) is 0 Å². The molecular weight excluding hydrogens is 258 g/mol. The molecule has 5 N–H and O–H groups in total. The van der Waals surface area contributed by atoms with Crippen LogP contribution >= 0.6 is 0 Å². The van der Waals surface area contributed by atoms with Gasteiger partial charge < -0.3 is 30.9 Å². The first kappa shape index (κ1) is 17.1. The van der Waals surface area contributed by atoms with Crippen molar-refractivity contribution in [3.8, 4) is 0 Å². The number of rotatable bonds is 9. The summed E-state index contributed by atoms with van der Waals surface area (Å²) in [5.41, 5.74) is 4.89. The van der Waals surface area contributed by atoms with Gasteiger partial charge in [0.15, 0.2) is 0 Å². The van der Waals surface area contributed by atoms with Gasteiger partial charge in [0.1, 0.15) is 6.04 Å². The average Bonchev–Trinajstić information content (AvgIpc) is 2.32. The minimum absolute atomic E-state index is 0.0259. The summed E-state index contributed by atoms with van der Waals surface area (Å²) in [7, 11) is 1.45. The molecular formula is C10H19N3O6. The van der Waals surface area contributed by atoms with Crippen molar-refractivity contribution in [3.05, 3.63) is 0 Å². The summed E-state index contributed by atoms with van der Waals surface area (Å²) in [6.45, 7) is 0.176. The monoisotopic (exact) mass is 277 g/mol. The quantitative estimate of drug-likeness (QED) is 0.382. The van der Waals surface area contributed by atoms with Crippen LogP contribution in [0.3, 0.4) is 0 Å². The number of amides is 3. The summed E-state index contributed by atoms with van der Waals surface area (Å²) >= 11 is 0. The van der Waals surface area contributed by atoms with Gasteiger partial charge in [0, 0.05) is 20.2 Å². The lowest BCUT2D eigenvalue weighted by molar-refractivity contribution is -0.140. The Morgan fingerprint density at radius 3 is 2.42 bits per heavy atom. The van der Waals surface area contributed by atoms with Crippen LogP contribution in [0.5, 0.6) is 0 Å². The number of nitrogens with two attached hydrogens (primary N) is 1. The van der Waals surface area contributed by atoms with Crippen LogP contribution in [0, 0.1) is 0 Å². The molecule has 0 fully saturated rings. The molecule has 0 unspecified atom stereocenters. The fourth-order valence-electron chi connectivity index (χ4n) is 1.28. The minimum atomic E-state index is -1.39. The topological polar surface area (TPSA) is 142 Å². The van der Waals surface area contributed by atoms with Crippen LogP contribution in [-0.4, -0.2) is 72.5 Å². The zero-order valence-electron chi connectivity index (χ0n) is 10.7. The fraction of sp³-hybridized carbons (Fsp3) is 0.700. The third-order valence-electron chi connectivity index (χ3n) is 2.22. The van der Waals surface area contributed by atoms with Gasteiger partial charge in [-0.05, 0) is 0 Å². The second-order valence-corrected chi connectivity index (χ2v) is 3.71. The number of carboxylic acids is 1. The van der Waals surface area contributed by atoms with E-state index >= 15 is 0 Å². The van der Waals surface area contributed by atoms with E-state index in [0.29, 0.717) is 0 Å². The van der Waals surface area contributed by atoms with Gasteiger partial charge in [-0.3, -0.25) is 4.79 Å². The number of nitrogens with one attached hydrogen (secondary N) is 1. The van der Waals surface area contributed by atoms with E-state index in [1.165, 1.54) is 12.0 Å². The number of carbonyl (C=O) groups excluding carboxylic acids is 2. The van der Waals surface area contributed by atoms with Gasteiger partial charge in [0.05, 0.1) is 19.6 Å². The number of ether oxygens (including phenoxy) is 1. The van der Waals surface area contributed by atoms with E-state index in [0.717, 1.165) is 0 Å². The first-order valence-electron chi connectivity index (χ1n) is 5.58. The lowest BCUT2D eigenvalue weighted by Crippen LogP contribution is -2.50. The van der Waals surface area contributed by atoms with Crippen LogP contribution in [0.15, 0.2) is 0 Å². The number of aliphatic carboxylic acids is 1. The summed E-state index contributed by atoms with van der Waals surface area (Å²) in [5.74, 6) is -2.19. The molecule has 0 rings (SSSR count). The molecule has 0 aliphatic heterocycles. The standard InChI is InChI=1S/C10H19N3O6/c1-19-5-3-13(2-4-14)10(18)12-7(9(16)17)6-8(11)15/h7,14H,2-6H2,1H3,(H2,11,15)(H,12,18)(H,16,17)/t7-/m1/s1. The Morgan fingerprint density at radius 1 is 1.37 bits per heavy atom. The summed E-state index contributed by atoms with van der Waals surface area (Å²) in [4.78, 5) is 34.5. The van der Waals surface area contributed by atoms with Crippen LogP contribution in [0.25, 0.3) is 0 Å². The number of methoxy groups -OCH3 is 1. The molecule has 3 amide bonds. The van der Waals surface area contributed by atoms with E-state index in [4.69, 9.17) is 20.7 Å². The fourth-order valence-corrected chi connectivity index (χ4v) is 1.28. The van der Waals surface area contributed by atoms with Crippen molar-refractivity contribution in [1.82, 2.24) is 10.2 Å². The lowest BCUT2D eigenvalue weighted by Gasteiger charge is -2.23. The number of carbonyl (C=O) groups is 3. The molecule has 1 atom stereocenters. The van der Waals surface area contributed by atoms with Crippen molar-refractivity contribution in [2.75, 3.05) is 33.4 Å². The second kappa shape index (κ2) is 9.11. The Labute approximate surface area is 110 Å². The largest absolute Gasteiger partial charge is 0.480 e. The Morgan fingerprint density at radius 2 is 2.00 bits per heavy atom. The first-order chi connectivity index (χ1) is 8.92. The van der Waals surface area contributed by atoms with Crippen molar-refractivity contribution in [1.29, 1.82) is 0 Å². The van der Waals surface area contributed by atoms with E-state index in [1.807, 2.05) is 0 Å². The van der Waals surface area contributed by atoms with Gasteiger partial charge >= 0.3 is 12.0 Å². The molecule has 0 heterocycles. The summed E-state index contributed by atoms with van der Waals surface area (Å²) in [6, 6.07) is -2.10. The average molecular weight is 277 g/mol. The Hall–Kier alpha value is -1.87. The molecule has 19 heavy (non-hydrogen) atoms. The number of primary amides is 1. The number of aliphatic hydroxyl groups is 1. The summed E-state index contributed by atoms with van der Waals surface area (Å²) < 4.78 is 4.79. The summed E-state index contributed by atoms with van der Waals surface area (Å²) in [5, 5.41) is 19.8. The van der Waals surface area contributed by atoms with Gasteiger partial charge in [0.2, 0.25) is 5.91 Å². The molecule has 0 aliphatic carbocycles. The van der Waals surface area contributed by atoms with Crippen molar-refractivity contribution < 1.29 is 29.3 Å². The van der Waals surface area contributed by atoms with E-state index in [9.17, 15) is 14.4 Å². The van der Waals surface area contributed by atoms with Crippen molar-refractivity contribution in [3.63, 3.8) is 0 Å². The second-order valence-electron chi connectivity index (χ2n) is 3.71. The molecule has 0 saturated heterocycles. The van der Waals surface area contributed by atoms with Crippen LogP contribution in [0.1, 0.15) is 6.42 Å². The summed E-state index contributed by atoms with van der Waals surface area (Å²) in [6.07, 6.45) is -0.502. The van der Waals surface area contributed by atoms with Gasteiger partial charge in [-0.25, -0.2) is 9.59 Å². The predicted molar refractivity (Wildman–Crippen MR) is 64.3 cm³/mol. The van der Waals surface area contributed by atoms with Gasteiger partial charge in [-0.2, -0.15) is 0 Å². The molecule has 0 aromatic carbocycles. The molecule has 110 valence electrons. The normalized spacial score (nSPS) is 11.7. The molecule has 0 spiro atoms. The number of aliphatic hydroxyl groups excluding tert-OH is 1. The highest BCUT2D eigenvalue weighted by Crippen LogP contribution is 1.96. The number of hydrogen-bond acceptors (Lipinski definition) is 5. The maximum atomic E-state index is 11.8. The number of urea groups is 1. The highest BCUT2D eigenvalue weighted by Gasteiger charge is 2.24. The number of nitrogens with zero attached hydrogens (tertiary/aromatic N) is 1. The minimum Gasteiger partial charge on any atom is -0.480 e. The molecule has 0 aliphatic rings.